The second-order valence-electron chi connectivity index (χ2n) is 5.17. The fourth-order valence-electron chi connectivity index (χ4n) is 2.08. The number of sulfonamides is 1. The molecule has 5 nitrogen and oxygen atoms in total. The largest absolute Gasteiger partial charge is 0.370 e. The van der Waals surface area contributed by atoms with Crippen LogP contribution < -0.4 is 5.32 Å². The predicted molar refractivity (Wildman–Crippen MR) is 75.5 cm³/mol. The van der Waals surface area contributed by atoms with Crippen molar-refractivity contribution in [3.05, 3.63) is 18.3 Å². The highest BCUT2D eigenvalue weighted by molar-refractivity contribution is 7.89. The number of anilines is 1. The third-order valence-corrected chi connectivity index (χ3v) is 5.38. The molecule has 0 amide bonds. The zero-order chi connectivity index (χ0) is 14.0. The zero-order valence-electron chi connectivity index (χ0n) is 11.6. The van der Waals surface area contributed by atoms with Gasteiger partial charge in [0, 0.05) is 26.3 Å². The molecule has 6 heteroatoms. The van der Waals surface area contributed by atoms with E-state index in [1.165, 1.54) is 10.5 Å². The van der Waals surface area contributed by atoms with Gasteiger partial charge in [-0.1, -0.05) is 6.92 Å². The number of nitrogens with one attached hydrogen (secondary N) is 1. The van der Waals surface area contributed by atoms with Gasteiger partial charge in [-0.05, 0) is 37.3 Å². The minimum absolute atomic E-state index is 0.255. The Morgan fingerprint density at radius 3 is 2.63 bits per heavy atom. The Bertz CT molecular complexity index is 527. The monoisotopic (exact) mass is 283 g/mol. The van der Waals surface area contributed by atoms with Gasteiger partial charge in [0.2, 0.25) is 10.0 Å². The van der Waals surface area contributed by atoms with Gasteiger partial charge in [0.15, 0.2) is 0 Å². The molecule has 1 aliphatic carbocycles. The molecule has 2 atom stereocenters. The van der Waals surface area contributed by atoms with E-state index in [4.69, 9.17) is 0 Å². The third-order valence-electron chi connectivity index (χ3n) is 3.57. The predicted octanol–water partition coefficient (Wildman–Crippen LogP) is 1.79. The Morgan fingerprint density at radius 1 is 1.47 bits per heavy atom. The van der Waals surface area contributed by atoms with Crippen molar-refractivity contribution in [1.29, 1.82) is 0 Å². The number of aromatic nitrogens is 1. The van der Waals surface area contributed by atoms with Crippen LogP contribution in [0.25, 0.3) is 0 Å². The van der Waals surface area contributed by atoms with Gasteiger partial charge in [0.05, 0.1) is 0 Å². The van der Waals surface area contributed by atoms with Crippen molar-refractivity contribution >= 4 is 15.8 Å². The van der Waals surface area contributed by atoms with E-state index in [1.807, 2.05) is 6.92 Å². The standard InChI is InChI=1S/C13H21N3O2S/c1-4-14-13-6-5-12(8-15-13)19(17,18)16(3)9-11-7-10(11)2/h5-6,8,10-11H,4,7,9H2,1-3H3,(H,14,15). The molecule has 0 aromatic carbocycles. The van der Waals surface area contributed by atoms with Crippen LogP contribution >= 0.6 is 0 Å². The minimum atomic E-state index is -3.41. The molecule has 0 bridgehead atoms. The van der Waals surface area contributed by atoms with E-state index in [9.17, 15) is 8.42 Å². The lowest BCUT2D eigenvalue weighted by Crippen LogP contribution is -2.29. The Labute approximate surface area is 115 Å². The second kappa shape index (κ2) is 5.46. The molecule has 1 aliphatic rings. The summed E-state index contributed by atoms with van der Waals surface area (Å²) in [5, 5.41) is 3.04. The lowest BCUT2D eigenvalue weighted by atomic mass is 10.3. The number of rotatable bonds is 6. The molecule has 1 fully saturated rings. The van der Waals surface area contributed by atoms with Crippen LogP contribution in [-0.4, -0.2) is 37.8 Å². The molecule has 1 aromatic rings. The lowest BCUT2D eigenvalue weighted by Gasteiger charge is -2.17. The Morgan fingerprint density at radius 2 is 2.16 bits per heavy atom. The van der Waals surface area contributed by atoms with Gasteiger partial charge in [-0.3, -0.25) is 0 Å². The van der Waals surface area contributed by atoms with Gasteiger partial charge in [-0.15, -0.1) is 0 Å². The fourth-order valence-corrected chi connectivity index (χ4v) is 3.25. The molecule has 0 radical (unpaired) electrons. The quantitative estimate of drug-likeness (QED) is 0.864. The Balaban J connectivity index is 2.09. The molecule has 19 heavy (non-hydrogen) atoms. The van der Waals surface area contributed by atoms with Gasteiger partial charge in [-0.2, -0.15) is 0 Å². The maximum atomic E-state index is 12.3. The first-order valence-corrected chi connectivity index (χ1v) is 8.05. The van der Waals surface area contributed by atoms with Crippen molar-refractivity contribution in [2.75, 3.05) is 25.5 Å². The van der Waals surface area contributed by atoms with Crippen molar-refractivity contribution in [2.45, 2.75) is 25.2 Å². The van der Waals surface area contributed by atoms with E-state index in [-0.39, 0.29) is 4.90 Å². The summed E-state index contributed by atoms with van der Waals surface area (Å²) < 4.78 is 26.1. The molecule has 0 saturated heterocycles. The van der Waals surface area contributed by atoms with Crippen molar-refractivity contribution < 1.29 is 8.42 Å². The maximum Gasteiger partial charge on any atom is 0.244 e. The van der Waals surface area contributed by atoms with Crippen molar-refractivity contribution in [3.8, 4) is 0 Å². The molecule has 106 valence electrons. The average molecular weight is 283 g/mol. The van der Waals surface area contributed by atoms with Gasteiger partial charge < -0.3 is 5.32 Å². The third kappa shape index (κ3) is 3.25. The Hall–Kier alpha value is -1.14. The van der Waals surface area contributed by atoms with E-state index in [2.05, 4.69) is 17.2 Å². The van der Waals surface area contributed by atoms with Crippen LogP contribution in [0.1, 0.15) is 20.3 Å². The van der Waals surface area contributed by atoms with E-state index in [0.717, 1.165) is 13.0 Å². The number of nitrogens with zero attached hydrogens (tertiary/aromatic N) is 2. The summed E-state index contributed by atoms with van der Waals surface area (Å²) in [5.41, 5.74) is 0. The highest BCUT2D eigenvalue weighted by Crippen LogP contribution is 2.38. The van der Waals surface area contributed by atoms with Crippen molar-refractivity contribution in [1.82, 2.24) is 9.29 Å². The SMILES string of the molecule is CCNc1ccc(S(=O)(=O)N(C)CC2CC2C)cn1. The number of hydrogen-bond donors (Lipinski definition) is 1. The van der Waals surface area contributed by atoms with E-state index in [1.54, 1.807) is 19.2 Å². The van der Waals surface area contributed by atoms with Gasteiger partial charge in [0.25, 0.3) is 0 Å². The van der Waals surface area contributed by atoms with Crippen LogP contribution in [-0.2, 0) is 10.0 Å². The van der Waals surface area contributed by atoms with Crippen LogP contribution in [0.3, 0.4) is 0 Å². The van der Waals surface area contributed by atoms with Crippen molar-refractivity contribution in [2.24, 2.45) is 11.8 Å². The number of hydrogen-bond acceptors (Lipinski definition) is 4. The molecule has 1 N–H and O–H groups in total. The first kappa shape index (κ1) is 14.3. The highest BCUT2D eigenvalue weighted by atomic mass is 32.2. The fraction of sp³-hybridized carbons (Fsp3) is 0.615. The summed E-state index contributed by atoms with van der Waals surface area (Å²) in [6.07, 6.45) is 2.54. The van der Waals surface area contributed by atoms with E-state index in [0.29, 0.717) is 24.2 Å². The van der Waals surface area contributed by atoms with Crippen molar-refractivity contribution in [3.63, 3.8) is 0 Å². The van der Waals surface area contributed by atoms with Crippen LogP contribution in [0.4, 0.5) is 5.82 Å². The summed E-state index contributed by atoms with van der Waals surface area (Å²) in [7, 11) is -1.77. The van der Waals surface area contributed by atoms with Gasteiger partial charge >= 0.3 is 0 Å². The molecule has 1 aromatic heterocycles. The summed E-state index contributed by atoms with van der Waals surface area (Å²) >= 11 is 0. The molecule has 2 unspecified atom stereocenters. The summed E-state index contributed by atoms with van der Waals surface area (Å²) in [4.78, 5) is 4.36. The first-order chi connectivity index (χ1) is 8.95. The van der Waals surface area contributed by atoms with Gasteiger partial charge in [0.1, 0.15) is 10.7 Å². The normalized spacial score (nSPS) is 22.5. The molecule has 2 rings (SSSR count). The molecule has 1 heterocycles. The number of pyridine rings is 1. The van der Waals surface area contributed by atoms with Gasteiger partial charge in [-0.25, -0.2) is 17.7 Å². The minimum Gasteiger partial charge on any atom is -0.370 e. The topological polar surface area (TPSA) is 62.3 Å². The summed E-state index contributed by atoms with van der Waals surface area (Å²) in [6.45, 7) is 5.48. The molecular formula is C13H21N3O2S. The van der Waals surface area contributed by atoms with E-state index >= 15 is 0 Å². The molecule has 0 spiro atoms. The summed E-state index contributed by atoms with van der Waals surface area (Å²) in [6, 6.07) is 3.30. The summed E-state index contributed by atoms with van der Waals surface area (Å²) in [5.74, 6) is 1.85. The smallest absolute Gasteiger partial charge is 0.244 e. The van der Waals surface area contributed by atoms with Crippen LogP contribution in [0.15, 0.2) is 23.2 Å². The molecule has 0 aliphatic heterocycles. The second-order valence-corrected chi connectivity index (χ2v) is 7.21. The maximum absolute atomic E-state index is 12.3. The Kier molecular flexibility index (Phi) is 4.10. The molecular weight excluding hydrogens is 262 g/mol. The molecule has 1 saturated carbocycles. The van der Waals surface area contributed by atoms with E-state index < -0.39 is 10.0 Å². The first-order valence-electron chi connectivity index (χ1n) is 6.61. The highest BCUT2D eigenvalue weighted by Gasteiger charge is 2.36. The zero-order valence-corrected chi connectivity index (χ0v) is 12.4. The van der Waals surface area contributed by atoms with Crippen LogP contribution in [0.5, 0.6) is 0 Å². The average Bonchev–Trinajstić information content (AvgIpc) is 3.06. The van der Waals surface area contributed by atoms with Crippen LogP contribution in [0, 0.1) is 11.8 Å². The lowest BCUT2D eigenvalue weighted by molar-refractivity contribution is 0.444. The van der Waals surface area contributed by atoms with Crippen LogP contribution in [0.2, 0.25) is 0 Å².